The lowest BCUT2D eigenvalue weighted by Gasteiger charge is -2.57. The van der Waals surface area contributed by atoms with Gasteiger partial charge in [0, 0.05) is 49.4 Å². The van der Waals surface area contributed by atoms with E-state index in [4.69, 9.17) is 14.7 Å². The second-order valence-corrected chi connectivity index (χ2v) is 11.6. The summed E-state index contributed by atoms with van der Waals surface area (Å²) in [5, 5.41) is 18.0. The number of aromatic nitrogens is 5. The maximum Gasteiger partial charge on any atom is 0.218 e. The predicted octanol–water partition coefficient (Wildman–Crippen LogP) is 5.66. The summed E-state index contributed by atoms with van der Waals surface area (Å²) in [5.74, 6) is 4.33. The Hall–Kier alpha value is -4.09. The molecule has 8 heteroatoms. The first-order valence-corrected chi connectivity index (χ1v) is 13.8. The lowest BCUT2D eigenvalue weighted by molar-refractivity contribution is -0.0206. The van der Waals surface area contributed by atoms with Crippen LogP contribution >= 0.6 is 0 Å². The summed E-state index contributed by atoms with van der Waals surface area (Å²) in [7, 11) is 1.82. The molecule has 4 aliphatic carbocycles. The van der Waals surface area contributed by atoms with Gasteiger partial charge in [0.05, 0.1) is 22.9 Å². The molecule has 0 aliphatic heterocycles. The van der Waals surface area contributed by atoms with E-state index in [9.17, 15) is 5.26 Å². The van der Waals surface area contributed by atoms with E-state index in [2.05, 4.69) is 21.5 Å². The number of pyridine rings is 1. The van der Waals surface area contributed by atoms with Gasteiger partial charge in [0.2, 0.25) is 5.88 Å². The molecule has 1 aromatic carbocycles. The lowest BCUT2D eigenvalue weighted by Crippen LogP contribution is -2.58. The van der Waals surface area contributed by atoms with Crippen molar-refractivity contribution >= 4 is 0 Å². The van der Waals surface area contributed by atoms with Crippen LogP contribution in [-0.2, 0) is 13.6 Å². The highest BCUT2D eigenvalue weighted by atomic mass is 16.5. The van der Waals surface area contributed by atoms with Crippen LogP contribution < -0.4 is 10.1 Å². The van der Waals surface area contributed by atoms with Crippen molar-refractivity contribution in [2.75, 3.05) is 0 Å². The minimum atomic E-state index is 0.304. The third-order valence-corrected chi connectivity index (χ3v) is 8.74. The standard InChI is InChI=1S/C31H31N7O/c1-38-29(12-27(37-38)26-4-2-3-7-33-26)39-28-11-20(16-32)5-6-25(28)30-34-17-24(18-35-30)19-36-31-13-21-8-22(14-31)10-23(9-21)15-31/h2-7,11-12,17-18,21-23,36H,8-10,13-15,19H2,1H3. The average molecular weight is 518 g/mol. The first-order valence-electron chi connectivity index (χ1n) is 13.8. The zero-order valence-electron chi connectivity index (χ0n) is 22.0. The molecule has 4 saturated carbocycles. The van der Waals surface area contributed by atoms with E-state index < -0.39 is 0 Å². The molecule has 0 amide bonds. The Bertz CT molecular complexity index is 1500. The third-order valence-electron chi connectivity index (χ3n) is 8.74. The van der Waals surface area contributed by atoms with E-state index in [1.165, 1.54) is 38.5 Å². The van der Waals surface area contributed by atoms with Gasteiger partial charge in [-0.1, -0.05) is 6.07 Å². The first-order chi connectivity index (χ1) is 19.1. The Morgan fingerprint density at radius 2 is 1.72 bits per heavy atom. The van der Waals surface area contributed by atoms with Gasteiger partial charge in [0.25, 0.3) is 0 Å². The molecule has 4 aliphatic rings. The molecule has 39 heavy (non-hydrogen) atoms. The molecule has 0 radical (unpaired) electrons. The Kier molecular flexibility index (Phi) is 5.89. The Labute approximate surface area is 228 Å². The van der Waals surface area contributed by atoms with Crippen molar-refractivity contribution < 1.29 is 4.74 Å². The van der Waals surface area contributed by atoms with Gasteiger partial charge in [-0.25, -0.2) is 14.6 Å². The molecular weight excluding hydrogens is 486 g/mol. The quantitative estimate of drug-likeness (QED) is 0.337. The van der Waals surface area contributed by atoms with Crippen molar-refractivity contribution in [3.05, 3.63) is 72.2 Å². The lowest BCUT2D eigenvalue weighted by atomic mass is 9.53. The molecule has 8 rings (SSSR count). The Balaban J connectivity index is 1.11. The summed E-state index contributed by atoms with van der Waals surface area (Å²) in [5.41, 5.74) is 4.07. The van der Waals surface area contributed by atoms with Gasteiger partial charge in [0.15, 0.2) is 5.82 Å². The fourth-order valence-corrected chi connectivity index (χ4v) is 7.36. The van der Waals surface area contributed by atoms with Crippen LogP contribution in [0, 0.1) is 29.1 Å². The number of nitrogens with zero attached hydrogens (tertiary/aromatic N) is 6. The van der Waals surface area contributed by atoms with Gasteiger partial charge in [-0.15, -0.1) is 0 Å². The van der Waals surface area contributed by atoms with Gasteiger partial charge in [-0.05, 0) is 86.6 Å². The predicted molar refractivity (Wildman–Crippen MR) is 146 cm³/mol. The summed E-state index contributed by atoms with van der Waals surface area (Å²) < 4.78 is 7.94. The van der Waals surface area contributed by atoms with Crippen molar-refractivity contribution in [2.45, 2.75) is 50.6 Å². The third kappa shape index (κ3) is 4.68. The molecule has 4 aromatic rings. The number of nitriles is 1. The first kappa shape index (κ1) is 24.0. The number of hydrogen-bond donors (Lipinski definition) is 1. The largest absolute Gasteiger partial charge is 0.438 e. The summed E-state index contributed by atoms with van der Waals surface area (Å²) >= 11 is 0. The molecule has 0 unspecified atom stereocenters. The van der Waals surface area contributed by atoms with Crippen LogP contribution in [0.3, 0.4) is 0 Å². The van der Waals surface area contributed by atoms with E-state index in [1.807, 2.05) is 49.8 Å². The monoisotopic (exact) mass is 517 g/mol. The van der Waals surface area contributed by atoms with Gasteiger partial charge in [-0.2, -0.15) is 10.4 Å². The van der Waals surface area contributed by atoms with Crippen LogP contribution in [0.5, 0.6) is 11.6 Å². The van der Waals surface area contributed by atoms with Crippen LogP contribution in [0.2, 0.25) is 0 Å². The summed E-state index contributed by atoms with van der Waals surface area (Å²) in [6.07, 6.45) is 13.8. The molecule has 4 bridgehead atoms. The average Bonchev–Trinajstić information content (AvgIpc) is 3.32. The highest BCUT2D eigenvalue weighted by Gasteiger charge is 2.50. The van der Waals surface area contributed by atoms with Gasteiger partial charge in [0.1, 0.15) is 11.4 Å². The normalized spacial score (nSPS) is 25.0. The van der Waals surface area contributed by atoms with E-state index in [1.54, 1.807) is 23.0 Å². The van der Waals surface area contributed by atoms with E-state index in [0.29, 0.717) is 34.3 Å². The zero-order chi connectivity index (χ0) is 26.4. The fraction of sp³-hybridized carbons (Fsp3) is 0.387. The molecule has 0 spiro atoms. The van der Waals surface area contributed by atoms with Crippen molar-refractivity contribution in [3.63, 3.8) is 0 Å². The Morgan fingerprint density at radius 3 is 2.38 bits per heavy atom. The number of ether oxygens (including phenoxy) is 1. The summed E-state index contributed by atoms with van der Waals surface area (Å²) in [4.78, 5) is 13.8. The van der Waals surface area contributed by atoms with Crippen molar-refractivity contribution in [2.24, 2.45) is 24.8 Å². The molecule has 0 atom stereocenters. The van der Waals surface area contributed by atoms with E-state index >= 15 is 0 Å². The van der Waals surface area contributed by atoms with Crippen LogP contribution in [0.15, 0.2) is 61.1 Å². The number of benzene rings is 1. The molecule has 3 aromatic heterocycles. The minimum absolute atomic E-state index is 0.304. The zero-order valence-corrected chi connectivity index (χ0v) is 22.0. The van der Waals surface area contributed by atoms with Gasteiger partial charge in [-0.3, -0.25) is 4.98 Å². The van der Waals surface area contributed by atoms with Crippen molar-refractivity contribution in [3.8, 4) is 40.5 Å². The van der Waals surface area contributed by atoms with Crippen LogP contribution in [0.25, 0.3) is 22.8 Å². The minimum Gasteiger partial charge on any atom is -0.438 e. The molecule has 196 valence electrons. The van der Waals surface area contributed by atoms with Gasteiger partial charge < -0.3 is 10.1 Å². The number of rotatable bonds is 7. The smallest absolute Gasteiger partial charge is 0.218 e. The second kappa shape index (κ2) is 9.58. The molecule has 1 N–H and O–H groups in total. The SMILES string of the molecule is Cn1nc(-c2ccccn2)cc1Oc1cc(C#N)ccc1-c1ncc(CNC23CC4CC(CC(C4)C2)C3)cn1. The number of hydrogen-bond acceptors (Lipinski definition) is 7. The molecule has 8 nitrogen and oxygen atoms in total. The second-order valence-electron chi connectivity index (χ2n) is 11.6. The number of nitrogens with one attached hydrogen (secondary N) is 1. The van der Waals surface area contributed by atoms with E-state index in [0.717, 1.165) is 41.1 Å². The number of aryl methyl sites for hydroxylation is 1. The maximum absolute atomic E-state index is 9.51. The highest BCUT2D eigenvalue weighted by molar-refractivity contribution is 5.66. The van der Waals surface area contributed by atoms with Gasteiger partial charge >= 0.3 is 0 Å². The summed E-state index contributed by atoms with van der Waals surface area (Å²) in [6.45, 7) is 0.786. The fourth-order valence-electron chi connectivity index (χ4n) is 7.36. The van der Waals surface area contributed by atoms with Crippen molar-refractivity contribution in [1.82, 2.24) is 30.0 Å². The summed E-state index contributed by atoms with van der Waals surface area (Å²) in [6, 6.07) is 15.0. The van der Waals surface area contributed by atoms with E-state index in [-0.39, 0.29) is 0 Å². The molecule has 4 fully saturated rings. The van der Waals surface area contributed by atoms with Crippen molar-refractivity contribution in [1.29, 1.82) is 5.26 Å². The van der Waals surface area contributed by atoms with Crippen LogP contribution in [0.1, 0.15) is 49.7 Å². The maximum atomic E-state index is 9.51. The topological polar surface area (TPSA) is 102 Å². The highest BCUT2D eigenvalue weighted by Crippen LogP contribution is 2.55. The molecular formula is C31H31N7O. The Morgan fingerprint density at radius 1 is 0.974 bits per heavy atom. The van der Waals surface area contributed by atoms with Crippen LogP contribution in [0.4, 0.5) is 0 Å². The van der Waals surface area contributed by atoms with Crippen LogP contribution in [-0.4, -0.2) is 30.3 Å². The molecule has 3 heterocycles. The molecule has 0 saturated heterocycles.